The van der Waals surface area contributed by atoms with Gasteiger partial charge >= 0.3 is 0 Å². The van der Waals surface area contributed by atoms with Crippen LogP contribution >= 0.6 is 0 Å². The van der Waals surface area contributed by atoms with E-state index in [1.54, 1.807) is 0 Å². The van der Waals surface area contributed by atoms with Crippen molar-refractivity contribution in [3.63, 3.8) is 0 Å². The van der Waals surface area contributed by atoms with E-state index in [9.17, 15) is 0 Å². The van der Waals surface area contributed by atoms with Crippen LogP contribution in [0, 0.1) is 0 Å². The fourth-order valence-electron chi connectivity index (χ4n) is 3.17. The Bertz CT molecular complexity index is 1040. The third-order valence-electron chi connectivity index (χ3n) is 4.35. The SMILES string of the molecule is c1ccc2cc(C3Oc4ccc5ccccc5c4O3)ccc2c1. The Balaban J connectivity index is 1.58. The van der Waals surface area contributed by atoms with E-state index in [-0.39, 0.29) is 6.29 Å². The molecule has 0 bridgehead atoms. The Labute approximate surface area is 133 Å². The van der Waals surface area contributed by atoms with Crippen molar-refractivity contribution >= 4 is 21.5 Å². The Kier molecular flexibility index (Phi) is 2.59. The van der Waals surface area contributed by atoms with Gasteiger partial charge in [0, 0.05) is 10.9 Å². The van der Waals surface area contributed by atoms with E-state index in [0.717, 1.165) is 27.8 Å². The summed E-state index contributed by atoms with van der Waals surface area (Å²) in [5.41, 5.74) is 1.03. The van der Waals surface area contributed by atoms with E-state index in [0.29, 0.717) is 0 Å². The molecule has 0 radical (unpaired) electrons. The molecule has 5 rings (SSSR count). The minimum atomic E-state index is -0.389. The first-order valence-electron chi connectivity index (χ1n) is 7.72. The van der Waals surface area contributed by atoms with Crippen LogP contribution in [0.1, 0.15) is 11.9 Å². The molecule has 0 amide bonds. The monoisotopic (exact) mass is 298 g/mol. The average molecular weight is 298 g/mol. The van der Waals surface area contributed by atoms with Gasteiger partial charge in [0.25, 0.3) is 6.29 Å². The molecule has 1 unspecified atom stereocenters. The third kappa shape index (κ3) is 1.95. The quantitative estimate of drug-likeness (QED) is 0.464. The summed E-state index contributed by atoms with van der Waals surface area (Å²) < 4.78 is 12.2. The minimum absolute atomic E-state index is 0.389. The molecule has 1 aliphatic heterocycles. The first-order chi connectivity index (χ1) is 11.4. The van der Waals surface area contributed by atoms with Crippen molar-refractivity contribution in [2.45, 2.75) is 6.29 Å². The van der Waals surface area contributed by atoms with Crippen LogP contribution in [-0.4, -0.2) is 0 Å². The van der Waals surface area contributed by atoms with E-state index in [1.807, 2.05) is 30.3 Å². The van der Waals surface area contributed by atoms with Gasteiger partial charge in [0.15, 0.2) is 11.5 Å². The minimum Gasteiger partial charge on any atom is -0.447 e. The molecule has 0 saturated heterocycles. The molecule has 0 N–H and O–H groups in total. The van der Waals surface area contributed by atoms with Gasteiger partial charge in [0.2, 0.25) is 0 Å². The van der Waals surface area contributed by atoms with Crippen molar-refractivity contribution in [2.75, 3.05) is 0 Å². The number of ether oxygens (including phenoxy) is 2. The van der Waals surface area contributed by atoms with Gasteiger partial charge in [-0.3, -0.25) is 0 Å². The second kappa shape index (κ2) is 4.75. The van der Waals surface area contributed by atoms with E-state index < -0.39 is 0 Å². The van der Waals surface area contributed by atoms with Crippen molar-refractivity contribution in [2.24, 2.45) is 0 Å². The van der Waals surface area contributed by atoms with Gasteiger partial charge in [-0.05, 0) is 28.3 Å². The second-order valence-electron chi connectivity index (χ2n) is 5.79. The molecule has 0 spiro atoms. The van der Waals surface area contributed by atoms with Crippen molar-refractivity contribution in [3.8, 4) is 11.5 Å². The summed E-state index contributed by atoms with van der Waals surface area (Å²) in [4.78, 5) is 0. The van der Waals surface area contributed by atoms with Crippen molar-refractivity contribution in [1.82, 2.24) is 0 Å². The predicted octanol–water partition coefficient (Wildman–Crippen LogP) is 5.46. The van der Waals surface area contributed by atoms with Crippen LogP contribution in [0.15, 0.2) is 78.9 Å². The molecule has 2 heteroatoms. The lowest BCUT2D eigenvalue weighted by Gasteiger charge is -2.11. The average Bonchev–Trinajstić information content (AvgIpc) is 3.06. The van der Waals surface area contributed by atoms with Crippen LogP contribution in [0.3, 0.4) is 0 Å². The molecule has 4 aromatic carbocycles. The highest BCUT2D eigenvalue weighted by atomic mass is 16.7. The summed E-state index contributed by atoms with van der Waals surface area (Å²) >= 11 is 0. The van der Waals surface area contributed by atoms with Gasteiger partial charge < -0.3 is 9.47 Å². The molecular formula is C21H14O2. The molecule has 0 aromatic heterocycles. The topological polar surface area (TPSA) is 18.5 Å². The summed E-state index contributed by atoms with van der Waals surface area (Å²) in [6.45, 7) is 0. The molecule has 2 nitrogen and oxygen atoms in total. The van der Waals surface area contributed by atoms with E-state index in [2.05, 4.69) is 48.5 Å². The Hall–Kier alpha value is -3.00. The molecule has 23 heavy (non-hydrogen) atoms. The largest absolute Gasteiger partial charge is 0.447 e. The summed E-state index contributed by atoms with van der Waals surface area (Å²) in [6, 6.07) is 26.9. The molecule has 1 heterocycles. The highest BCUT2D eigenvalue weighted by Gasteiger charge is 2.27. The smallest absolute Gasteiger partial charge is 0.268 e. The zero-order chi connectivity index (χ0) is 15.2. The van der Waals surface area contributed by atoms with Gasteiger partial charge in [-0.25, -0.2) is 0 Å². The van der Waals surface area contributed by atoms with E-state index >= 15 is 0 Å². The normalized spacial score (nSPS) is 16.1. The molecule has 110 valence electrons. The third-order valence-corrected chi connectivity index (χ3v) is 4.35. The van der Waals surface area contributed by atoms with Crippen LogP contribution in [0.25, 0.3) is 21.5 Å². The lowest BCUT2D eigenvalue weighted by molar-refractivity contribution is 0.0495. The molecule has 4 aromatic rings. The number of hydrogen-bond donors (Lipinski definition) is 0. The standard InChI is InChI=1S/C21H14O2/c1-2-7-16-13-17(10-9-14(16)5-1)21-22-19-12-11-15-6-3-4-8-18(15)20(19)23-21/h1-13,21H. The molecule has 1 atom stereocenters. The maximum Gasteiger partial charge on any atom is 0.268 e. The zero-order valence-electron chi connectivity index (χ0n) is 12.4. The second-order valence-corrected chi connectivity index (χ2v) is 5.79. The summed E-state index contributed by atoms with van der Waals surface area (Å²) in [5, 5.41) is 4.66. The maximum atomic E-state index is 6.13. The van der Waals surface area contributed by atoms with Gasteiger partial charge in [-0.15, -0.1) is 0 Å². The predicted molar refractivity (Wildman–Crippen MR) is 91.9 cm³/mol. The van der Waals surface area contributed by atoms with E-state index in [1.165, 1.54) is 10.8 Å². The van der Waals surface area contributed by atoms with Crippen LogP contribution < -0.4 is 9.47 Å². The highest BCUT2D eigenvalue weighted by Crippen LogP contribution is 2.45. The van der Waals surface area contributed by atoms with Gasteiger partial charge in [0.1, 0.15) is 0 Å². The van der Waals surface area contributed by atoms with E-state index in [4.69, 9.17) is 9.47 Å². The van der Waals surface area contributed by atoms with Gasteiger partial charge in [-0.1, -0.05) is 66.7 Å². The van der Waals surface area contributed by atoms with Crippen molar-refractivity contribution in [3.05, 3.63) is 84.4 Å². The molecule has 0 saturated carbocycles. The number of rotatable bonds is 1. The summed E-state index contributed by atoms with van der Waals surface area (Å²) in [6.07, 6.45) is -0.389. The molecule has 1 aliphatic rings. The van der Waals surface area contributed by atoms with Crippen LogP contribution in [-0.2, 0) is 0 Å². The summed E-state index contributed by atoms with van der Waals surface area (Å²) in [5.74, 6) is 1.64. The molecule has 0 aliphatic carbocycles. The van der Waals surface area contributed by atoms with Crippen molar-refractivity contribution < 1.29 is 9.47 Å². The Morgan fingerprint density at radius 1 is 0.609 bits per heavy atom. The maximum absolute atomic E-state index is 6.13. The first-order valence-corrected chi connectivity index (χ1v) is 7.72. The molecular weight excluding hydrogens is 284 g/mol. The zero-order valence-corrected chi connectivity index (χ0v) is 12.4. The fraction of sp³-hybridized carbons (Fsp3) is 0.0476. The van der Waals surface area contributed by atoms with Crippen LogP contribution in [0.5, 0.6) is 11.5 Å². The highest BCUT2D eigenvalue weighted by molar-refractivity contribution is 5.91. The Morgan fingerprint density at radius 3 is 2.26 bits per heavy atom. The lowest BCUT2D eigenvalue weighted by atomic mass is 10.1. The number of benzene rings is 4. The molecule has 0 fully saturated rings. The Morgan fingerprint density at radius 2 is 1.35 bits per heavy atom. The van der Waals surface area contributed by atoms with Gasteiger partial charge in [0.05, 0.1) is 0 Å². The van der Waals surface area contributed by atoms with Crippen LogP contribution in [0.2, 0.25) is 0 Å². The lowest BCUT2D eigenvalue weighted by Crippen LogP contribution is -2.07. The fourth-order valence-corrected chi connectivity index (χ4v) is 3.17. The number of hydrogen-bond acceptors (Lipinski definition) is 2. The van der Waals surface area contributed by atoms with Gasteiger partial charge in [-0.2, -0.15) is 0 Å². The first kappa shape index (κ1) is 12.5. The van der Waals surface area contributed by atoms with Crippen LogP contribution in [0.4, 0.5) is 0 Å². The number of fused-ring (bicyclic) bond motifs is 4. The van der Waals surface area contributed by atoms with Crippen molar-refractivity contribution in [1.29, 1.82) is 0 Å². The summed E-state index contributed by atoms with van der Waals surface area (Å²) in [7, 11) is 0.